The van der Waals surface area contributed by atoms with Crippen molar-refractivity contribution in [1.82, 2.24) is 4.90 Å². The van der Waals surface area contributed by atoms with Gasteiger partial charge in [0.15, 0.2) is 19.7 Å². The molecule has 9 heteroatoms. The Bertz CT molecular complexity index is 547. The van der Waals surface area contributed by atoms with E-state index >= 15 is 0 Å². The number of hydrogen-bond donors (Lipinski definition) is 0. The van der Waals surface area contributed by atoms with Crippen molar-refractivity contribution in [2.75, 3.05) is 25.6 Å². The topological polar surface area (TPSA) is 97.8 Å². The van der Waals surface area contributed by atoms with Crippen LogP contribution in [-0.4, -0.2) is 69.5 Å². The van der Waals surface area contributed by atoms with Crippen LogP contribution in [0.3, 0.4) is 0 Å². The smallest absolute Gasteiger partial charge is 0.410 e. The second-order valence-corrected chi connectivity index (χ2v) is 10.7. The quantitative estimate of drug-likeness (QED) is 0.711. The molecule has 1 aliphatic heterocycles. The highest BCUT2D eigenvalue weighted by Gasteiger charge is 2.47. The molecule has 7 nitrogen and oxygen atoms in total. The molecule has 0 aliphatic carbocycles. The summed E-state index contributed by atoms with van der Waals surface area (Å²) in [4.78, 5) is 13.1. The van der Waals surface area contributed by atoms with E-state index in [0.29, 0.717) is 0 Å². The van der Waals surface area contributed by atoms with Crippen molar-refractivity contribution in [2.45, 2.75) is 36.9 Å². The van der Waals surface area contributed by atoms with Gasteiger partial charge in [0, 0.05) is 25.6 Å². The molecule has 1 heterocycles. The maximum Gasteiger partial charge on any atom is 0.410 e. The number of nitrogens with zero attached hydrogens (tertiary/aromatic N) is 1. The molecule has 0 aromatic rings. The molecule has 1 fully saturated rings. The summed E-state index contributed by atoms with van der Waals surface area (Å²) in [7, 11) is -7.15. The number of amides is 1. The van der Waals surface area contributed by atoms with E-state index in [0.717, 1.165) is 17.4 Å². The minimum absolute atomic E-state index is 0.161. The third-order valence-electron chi connectivity index (χ3n) is 2.97. The molecule has 1 rings (SSSR count). The monoisotopic (exact) mass is 327 g/mol. The van der Waals surface area contributed by atoms with Gasteiger partial charge in [0.05, 0.1) is 10.5 Å². The summed E-state index contributed by atoms with van der Waals surface area (Å²) in [6.45, 7) is 4.73. The molecule has 0 radical (unpaired) electrons. The largest absolute Gasteiger partial charge is 0.444 e. The first-order valence-corrected chi connectivity index (χ1v) is 9.98. The van der Waals surface area contributed by atoms with Gasteiger partial charge in [-0.3, -0.25) is 0 Å². The number of ether oxygens (including phenoxy) is 1. The first-order chi connectivity index (χ1) is 8.72. The number of rotatable bonds is 2. The minimum atomic E-state index is -3.57. The molecule has 0 aromatic carbocycles. The van der Waals surface area contributed by atoms with E-state index in [4.69, 9.17) is 4.74 Å². The van der Waals surface area contributed by atoms with Gasteiger partial charge in [0.1, 0.15) is 5.60 Å². The van der Waals surface area contributed by atoms with Crippen LogP contribution < -0.4 is 0 Å². The minimum Gasteiger partial charge on any atom is -0.444 e. The first-order valence-electron chi connectivity index (χ1n) is 6.07. The molecule has 0 N–H and O–H groups in total. The fourth-order valence-corrected chi connectivity index (χ4v) is 5.43. The Kier molecular flexibility index (Phi) is 4.46. The van der Waals surface area contributed by atoms with Crippen LogP contribution in [0.2, 0.25) is 0 Å². The molecule has 0 aromatic heterocycles. The summed E-state index contributed by atoms with van der Waals surface area (Å²) in [6, 6.07) is 0. The summed E-state index contributed by atoms with van der Waals surface area (Å²) in [5.74, 6) is 0. The Morgan fingerprint density at radius 1 is 1.00 bits per heavy atom. The molecule has 0 unspecified atom stereocenters. The van der Waals surface area contributed by atoms with Crippen molar-refractivity contribution in [3.05, 3.63) is 0 Å². The summed E-state index contributed by atoms with van der Waals surface area (Å²) in [5.41, 5.74) is -0.721. The van der Waals surface area contributed by atoms with Crippen molar-refractivity contribution >= 4 is 25.8 Å². The van der Waals surface area contributed by atoms with Gasteiger partial charge < -0.3 is 9.64 Å². The van der Waals surface area contributed by atoms with Crippen molar-refractivity contribution in [1.29, 1.82) is 0 Å². The molecule has 2 atom stereocenters. The van der Waals surface area contributed by atoms with Gasteiger partial charge in [0.2, 0.25) is 0 Å². The lowest BCUT2D eigenvalue weighted by Crippen LogP contribution is -2.37. The fourth-order valence-electron chi connectivity index (χ4n) is 2.04. The zero-order valence-electron chi connectivity index (χ0n) is 12.3. The van der Waals surface area contributed by atoms with E-state index in [9.17, 15) is 21.6 Å². The van der Waals surface area contributed by atoms with Crippen molar-refractivity contribution in [2.24, 2.45) is 0 Å². The number of carbonyl (C=O) groups is 1. The predicted octanol–water partition coefficient (Wildman–Crippen LogP) is 0.0635. The first kappa shape index (κ1) is 17.2. The van der Waals surface area contributed by atoms with Gasteiger partial charge in [0.25, 0.3) is 0 Å². The lowest BCUT2D eigenvalue weighted by atomic mass is 10.2. The number of hydrogen-bond acceptors (Lipinski definition) is 6. The zero-order valence-corrected chi connectivity index (χ0v) is 13.9. The second-order valence-electron chi connectivity index (χ2n) is 6.12. The molecule has 1 saturated heterocycles. The normalized spacial score (nSPS) is 24.8. The molecular formula is C11H21NO6S2. The highest BCUT2D eigenvalue weighted by molar-refractivity contribution is 7.95. The van der Waals surface area contributed by atoms with E-state index in [1.165, 1.54) is 0 Å². The average molecular weight is 327 g/mol. The van der Waals surface area contributed by atoms with Crippen LogP contribution in [0.4, 0.5) is 4.79 Å². The molecule has 0 spiro atoms. The molecule has 1 aliphatic rings. The number of sulfone groups is 2. The van der Waals surface area contributed by atoms with Gasteiger partial charge in [-0.15, -0.1) is 0 Å². The molecule has 0 bridgehead atoms. The van der Waals surface area contributed by atoms with E-state index in [1.54, 1.807) is 20.8 Å². The van der Waals surface area contributed by atoms with E-state index < -0.39 is 41.9 Å². The van der Waals surface area contributed by atoms with Crippen LogP contribution in [0.15, 0.2) is 0 Å². The Hall–Kier alpha value is -0.830. The molecule has 118 valence electrons. The van der Waals surface area contributed by atoms with Crippen molar-refractivity contribution < 1.29 is 26.4 Å². The number of carbonyl (C=O) groups excluding carboxylic acids is 1. The van der Waals surface area contributed by atoms with Crippen LogP contribution in [0.5, 0.6) is 0 Å². The van der Waals surface area contributed by atoms with Crippen LogP contribution in [-0.2, 0) is 24.4 Å². The second kappa shape index (κ2) is 5.18. The standard InChI is InChI=1S/C11H21NO6S2/c1-11(2,3)18-10(13)12-6-8(19(4,14)15)9(7-12)20(5,16)17/h8-9H,6-7H2,1-5H3/t8-,9-/m0/s1. The van der Waals surface area contributed by atoms with E-state index in [1.807, 2.05) is 0 Å². The summed E-state index contributed by atoms with van der Waals surface area (Å²) in [6.07, 6.45) is 1.26. The van der Waals surface area contributed by atoms with Crippen LogP contribution in [0.1, 0.15) is 20.8 Å². The maximum atomic E-state index is 11.9. The third kappa shape index (κ3) is 4.34. The van der Waals surface area contributed by atoms with Gasteiger partial charge >= 0.3 is 6.09 Å². The maximum absolute atomic E-state index is 11.9. The Labute approximate surface area is 120 Å². The summed E-state index contributed by atoms with van der Waals surface area (Å²) >= 11 is 0. The highest BCUT2D eigenvalue weighted by atomic mass is 32.2. The molecule has 20 heavy (non-hydrogen) atoms. The predicted molar refractivity (Wildman–Crippen MR) is 75.1 cm³/mol. The van der Waals surface area contributed by atoms with E-state index in [2.05, 4.69) is 0 Å². The molecule has 0 saturated carbocycles. The molecular weight excluding hydrogens is 306 g/mol. The summed E-state index contributed by atoms with van der Waals surface area (Å²) in [5, 5.41) is -2.21. The third-order valence-corrected chi connectivity index (χ3v) is 6.29. The Morgan fingerprint density at radius 2 is 1.35 bits per heavy atom. The summed E-state index contributed by atoms with van der Waals surface area (Å²) < 4.78 is 51.9. The van der Waals surface area contributed by atoms with Crippen LogP contribution in [0, 0.1) is 0 Å². The lowest BCUT2D eigenvalue weighted by Gasteiger charge is -2.24. The Balaban J connectivity index is 3.00. The van der Waals surface area contributed by atoms with Crippen LogP contribution in [0.25, 0.3) is 0 Å². The van der Waals surface area contributed by atoms with Crippen LogP contribution >= 0.6 is 0 Å². The van der Waals surface area contributed by atoms with Crippen molar-refractivity contribution in [3.8, 4) is 0 Å². The fraction of sp³-hybridized carbons (Fsp3) is 0.909. The molecule has 1 amide bonds. The lowest BCUT2D eigenvalue weighted by molar-refractivity contribution is 0.0296. The SMILES string of the molecule is CC(C)(C)OC(=O)N1C[C@H](S(C)(=O)=O)[C@@H](S(C)(=O)=O)C1. The van der Waals surface area contributed by atoms with Crippen molar-refractivity contribution in [3.63, 3.8) is 0 Å². The van der Waals surface area contributed by atoms with Gasteiger partial charge in [-0.05, 0) is 20.8 Å². The zero-order chi connectivity index (χ0) is 15.9. The highest BCUT2D eigenvalue weighted by Crippen LogP contribution is 2.24. The van der Waals surface area contributed by atoms with Gasteiger partial charge in [-0.25, -0.2) is 21.6 Å². The van der Waals surface area contributed by atoms with E-state index in [-0.39, 0.29) is 13.1 Å². The Morgan fingerprint density at radius 3 is 1.60 bits per heavy atom. The average Bonchev–Trinajstić information content (AvgIpc) is 2.56. The van der Waals surface area contributed by atoms with Gasteiger partial charge in [-0.1, -0.05) is 0 Å². The van der Waals surface area contributed by atoms with Gasteiger partial charge in [-0.2, -0.15) is 0 Å². The number of likely N-dealkylation sites (tertiary alicyclic amines) is 1.